The summed E-state index contributed by atoms with van der Waals surface area (Å²) >= 11 is 0. The van der Waals surface area contributed by atoms with Crippen LogP contribution in [0.5, 0.6) is 11.5 Å². The van der Waals surface area contributed by atoms with Crippen LogP contribution in [-0.2, 0) is 14.3 Å². The van der Waals surface area contributed by atoms with E-state index >= 15 is 0 Å². The highest BCUT2D eigenvalue weighted by molar-refractivity contribution is 6.37. The van der Waals surface area contributed by atoms with Crippen molar-refractivity contribution in [2.45, 2.75) is 11.7 Å². The molecule has 2 heterocycles. The molecule has 8 heteroatoms. The molecule has 3 atom stereocenters. The predicted octanol–water partition coefficient (Wildman–Crippen LogP) is 3.40. The zero-order valence-electron chi connectivity index (χ0n) is 19.5. The van der Waals surface area contributed by atoms with Gasteiger partial charge in [0.05, 0.1) is 37.8 Å². The number of fused-ring (bicyclic) bond motifs is 3. The number of hydrogen-bond acceptors (Lipinski definition) is 7. The van der Waals surface area contributed by atoms with Gasteiger partial charge in [0.15, 0.2) is 11.5 Å². The zero-order chi connectivity index (χ0) is 25.2. The number of carbonyl (C=O) groups excluding carboxylic acids is 4. The maximum absolute atomic E-state index is 14.0. The number of carbonyl (C=O) groups is 4. The molecule has 3 aromatic rings. The van der Waals surface area contributed by atoms with E-state index in [1.54, 1.807) is 60.7 Å². The number of Topliss-reactive ketones (excluding diaryl/α,β-unsaturated/α-hetero) is 2. The van der Waals surface area contributed by atoms with E-state index in [1.807, 2.05) is 6.07 Å². The van der Waals surface area contributed by atoms with E-state index in [0.29, 0.717) is 17.1 Å². The molecule has 3 aliphatic rings. The second kappa shape index (κ2) is 7.86. The highest BCUT2D eigenvalue weighted by Gasteiger charge is 2.74. The Bertz CT molecular complexity index is 1410. The molecule has 2 saturated heterocycles. The Labute approximate surface area is 206 Å². The molecule has 0 saturated carbocycles. The number of amides is 2. The maximum atomic E-state index is 14.0. The van der Waals surface area contributed by atoms with Gasteiger partial charge in [-0.3, -0.25) is 19.2 Å². The van der Waals surface area contributed by atoms with E-state index in [0.717, 1.165) is 4.90 Å². The van der Waals surface area contributed by atoms with Crippen LogP contribution in [0.25, 0.3) is 0 Å². The van der Waals surface area contributed by atoms with Crippen LogP contribution in [0.3, 0.4) is 0 Å². The van der Waals surface area contributed by atoms with Crippen LogP contribution in [0, 0.1) is 11.8 Å². The number of ether oxygens (including phenoxy) is 3. The summed E-state index contributed by atoms with van der Waals surface area (Å²) in [6.45, 7) is 0. The third kappa shape index (κ3) is 2.73. The van der Waals surface area contributed by atoms with Gasteiger partial charge in [-0.25, -0.2) is 4.90 Å². The first-order valence-electron chi connectivity index (χ1n) is 11.4. The molecule has 8 nitrogen and oxygen atoms in total. The molecule has 2 amide bonds. The number of nitrogens with zero attached hydrogens (tertiary/aromatic N) is 1. The Hall–Kier alpha value is -4.30. The van der Waals surface area contributed by atoms with Gasteiger partial charge in [-0.15, -0.1) is 0 Å². The summed E-state index contributed by atoms with van der Waals surface area (Å²) in [5.74, 6) is -3.99. The average molecular weight is 483 g/mol. The van der Waals surface area contributed by atoms with Crippen LogP contribution in [0.1, 0.15) is 32.4 Å². The van der Waals surface area contributed by atoms with Crippen molar-refractivity contribution in [3.05, 3.63) is 89.5 Å². The minimum Gasteiger partial charge on any atom is -0.493 e. The summed E-state index contributed by atoms with van der Waals surface area (Å²) in [4.78, 5) is 56.4. The van der Waals surface area contributed by atoms with Crippen molar-refractivity contribution in [2.24, 2.45) is 11.8 Å². The maximum Gasteiger partial charge on any atom is 0.241 e. The first kappa shape index (κ1) is 22.2. The average Bonchev–Trinajstić information content (AvgIpc) is 3.48. The minimum atomic E-state index is -2.10. The lowest BCUT2D eigenvalue weighted by molar-refractivity contribution is -0.127. The monoisotopic (exact) mass is 483 g/mol. The van der Waals surface area contributed by atoms with Crippen molar-refractivity contribution in [2.75, 3.05) is 19.1 Å². The summed E-state index contributed by atoms with van der Waals surface area (Å²) in [7, 11) is 2.93. The van der Waals surface area contributed by atoms with Gasteiger partial charge < -0.3 is 14.2 Å². The standard InChI is InChI=1S/C28H21NO7/c1-34-19-13-12-16(14-20(19)35-2)29-26(32)21-22(27(29)33)28(36-23(21)15-8-4-3-5-9-15)24(30)17-10-6-7-11-18(17)25(28)31/h3-14,21-23H,1-2H3/t21-,22+,23+/m1/s1. The highest BCUT2D eigenvalue weighted by atomic mass is 16.5. The number of anilines is 1. The molecule has 36 heavy (non-hydrogen) atoms. The molecule has 0 unspecified atom stereocenters. The lowest BCUT2D eigenvalue weighted by Crippen LogP contribution is -2.51. The molecule has 3 aromatic carbocycles. The molecule has 2 aliphatic heterocycles. The fraction of sp³-hybridized carbons (Fsp3) is 0.214. The van der Waals surface area contributed by atoms with Gasteiger partial charge in [0.1, 0.15) is 0 Å². The topological polar surface area (TPSA) is 99.2 Å². The largest absolute Gasteiger partial charge is 0.493 e. The molecular formula is C28H21NO7. The number of imide groups is 1. The number of hydrogen-bond donors (Lipinski definition) is 0. The Kier molecular flexibility index (Phi) is 4.84. The van der Waals surface area contributed by atoms with Gasteiger partial charge in [0.25, 0.3) is 0 Å². The molecule has 2 fully saturated rings. The molecule has 0 aromatic heterocycles. The van der Waals surface area contributed by atoms with E-state index in [2.05, 4.69) is 0 Å². The minimum absolute atomic E-state index is 0.194. The molecule has 1 spiro atoms. The number of ketones is 2. The summed E-state index contributed by atoms with van der Waals surface area (Å²) in [5, 5.41) is 0. The fourth-order valence-electron chi connectivity index (χ4n) is 5.68. The second-order valence-corrected chi connectivity index (χ2v) is 8.94. The third-order valence-electron chi connectivity index (χ3n) is 7.27. The first-order chi connectivity index (χ1) is 17.4. The molecule has 1 aliphatic carbocycles. The summed E-state index contributed by atoms with van der Waals surface area (Å²) < 4.78 is 16.9. The van der Waals surface area contributed by atoms with Crippen molar-refractivity contribution in [1.29, 1.82) is 0 Å². The van der Waals surface area contributed by atoms with E-state index in [1.165, 1.54) is 20.3 Å². The van der Waals surface area contributed by atoms with Crippen LogP contribution in [0.2, 0.25) is 0 Å². The molecule has 0 bridgehead atoms. The van der Waals surface area contributed by atoms with Crippen molar-refractivity contribution in [3.63, 3.8) is 0 Å². The van der Waals surface area contributed by atoms with Crippen LogP contribution < -0.4 is 14.4 Å². The SMILES string of the molecule is COc1ccc(N2C(=O)[C@@H]3[C@@H](C2=O)C2(O[C@H]3c3ccccc3)C(=O)c3ccccc3C2=O)cc1OC. The number of rotatable bonds is 4. The van der Waals surface area contributed by atoms with Gasteiger partial charge in [0, 0.05) is 17.2 Å². The molecular weight excluding hydrogens is 462 g/mol. The summed E-state index contributed by atoms with van der Waals surface area (Å²) in [5.41, 5.74) is -0.849. The smallest absolute Gasteiger partial charge is 0.241 e. The molecule has 180 valence electrons. The van der Waals surface area contributed by atoms with Crippen molar-refractivity contribution in [3.8, 4) is 11.5 Å². The Balaban J connectivity index is 1.52. The fourth-order valence-corrected chi connectivity index (χ4v) is 5.68. The number of methoxy groups -OCH3 is 2. The predicted molar refractivity (Wildman–Crippen MR) is 127 cm³/mol. The molecule has 0 radical (unpaired) electrons. The van der Waals surface area contributed by atoms with Gasteiger partial charge in [-0.2, -0.15) is 0 Å². The van der Waals surface area contributed by atoms with Crippen LogP contribution in [-0.4, -0.2) is 43.2 Å². The Morgan fingerprint density at radius 2 is 1.36 bits per heavy atom. The lowest BCUT2D eigenvalue weighted by Gasteiger charge is -2.27. The zero-order valence-corrected chi connectivity index (χ0v) is 19.5. The first-order valence-corrected chi connectivity index (χ1v) is 11.4. The second-order valence-electron chi connectivity index (χ2n) is 8.94. The molecule has 0 N–H and O–H groups in total. The quantitative estimate of drug-likeness (QED) is 0.414. The Morgan fingerprint density at radius 1 is 0.750 bits per heavy atom. The van der Waals surface area contributed by atoms with Crippen molar-refractivity contribution >= 4 is 29.1 Å². The van der Waals surface area contributed by atoms with E-state index < -0.39 is 46.9 Å². The number of benzene rings is 3. The van der Waals surface area contributed by atoms with Crippen LogP contribution in [0.15, 0.2) is 72.8 Å². The van der Waals surface area contributed by atoms with Gasteiger partial charge in [0.2, 0.25) is 29.0 Å². The van der Waals surface area contributed by atoms with E-state index in [-0.39, 0.29) is 16.8 Å². The van der Waals surface area contributed by atoms with Crippen LogP contribution in [0.4, 0.5) is 5.69 Å². The normalized spacial score (nSPS) is 23.8. The summed E-state index contributed by atoms with van der Waals surface area (Å²) in [6, 6.07) is 20.0. The Morgan fingerprint density at radius 3 is 1.97 bits per heavy atom. The van der Waals surface area contributed by atoms with Crippen molar-refractivity contribution < 1.29 is 33.4 Å². The molecule has 6 rings (SSSR count). The lowest BCUT2D eigenvalue weighted by atomic mass is 9.77. The highest BCUT2D eigenvalue weighted by Crippen LogP contribution is 2.57. The van der Waals surface area contributed by atoms with Gasteiger partial charge in [-0.05, 0) is 17.7 Å². The van der Waals surface area contributed by atoms with E-state index in [9.17, 15) is 19.2 Å². The van der Waals surface area contributed by atoms with Crippen molar-refractivity contribution in [1.82, 2.24) is 0 Å². The van der Waals surface area contributed by atoms with Crippen LogP contribution >= 0.6 is 0 Å². The third-order valence-corrected chi connectivity index (χ3v) is 7.27. The summed E-state index contributed by atoms with van der Waals surface area (Å²) in [6.07, 6.45) is -0.958. The van der Waals surface area contributed by atoms with Gasteiger partial charge >= 0.3 is 0 Å². The van der Waals surface area contributed by atoms with Gasteiger partial charge in [-0.1, -0.05) is 54.6 Å². The van der Waals surface area contributed by atoms with E-state index in [4.69, 9.17) is 14.2 Å².